The van der Waals surface area contributed by atoms with Crippen LogP contribution in [0.4, 0.5) is 0 Å². The molecule has 144 valence electrons. The molecule has 2 heterocycles. The average molecular weight is 371 g/mol. The Labute approximate surface area is 157 Å². The van der Waals surface area contributed by atoms with Gasteiger partial charge in [0.1, 0.15) is 11.2 Å². The van der Waals surface area contributed by atoms with Crippen LogP contribution in [0, 0.1) is 26.7 Å². The first kappa shape index (κ1) is 19.2. The average Bonchev–Trinajstić information content (AvgIpc) is 2.99. The lowest BCUT2D eigenvalue weighted by Gasteiger charge is -2.20. The zero-order valence-electron chi connectivity index (χ0n) is 16.3. The normalized spacial score (nSPS) is 12.9. The predicted octanol–water partition coefficient (Wildman–Crippen LogP) is 3.14. The van der Waals surface area contributed by atoms with Crippen LogP contribution in [0.5, 0.6) is 0 Å². The summed E-state index contributed by atoms with van der Waals surface area (Å²) in [6, 6.07) is 1.60. The second kappa shape index (κ2) is 7.19. The van der Waals surface area contributed by atoms with Gasteiger partial charge >= 0.3 is 5.63 Å². The molecule has 2 aromatic heterocycles. The van der Waals surface area contributed by atoms with Gasteiger partial charge in [-0.1, -0.05) is 13.8 Å². The Kier molecular flexibility index (Phi) is 5.11. The monoisotopic (exact) mass is 371 g/mol. The molecule has 0 aliphatic heterocycles. The van der Waals surface area contributed by atoms with Crippen molar-refractivity contribution in [3.05, 3.63) is 45.0 Å². The van der Waals surface area contributed by atoms with Gasteiger partial charge < -0.3 is 19.3 Å². The third-order valence-electron chi connectivity index (χ3n) is 5.22. The molecule has 1 amide bonds. The van der Waals surface area contributed by atoms with Crippen LogP contribution >= 0.6 is 0 Å². The highest BCUT2D eigenvalue weighted by atomic mass is 16.4. The summed E-state index contributed by atoms with van der Waals surface area (Å²) in [5, 5.41) is 13.9. The number of carbonyl (C=O) groups is 1. The standard InChI is InChI=1S/C21H25NO5/c1-10(2)17(8-23)22-18(24)7-16-12(4)15-6-14-11(3)9-26-19(14)13(5)20(15)27-21(16)25/h6,9-10,17,23H,7-8H2,1-5H3,(H,22,24). The Morgan fingerprint density at radius 3 is 2.48 bits per heavy atom. The quantitative estimate of drug-likeness (QED) is 0.672. The number of rotatable bonds is 5. The van der Waals surface area contributed by atoms with Gasteiger partial charge in [-0.15, -0.1) is 0 Å². The number of fused-ring (bicyclic) bond motifs is 2. The van der Waals surface area contributed by atoms with Gasteiger partial charge in [-0.25, -0.2) is 4.79 Å². The maximum Gasteiger partial charge on any atom is 0.340 e. The molecule has 2 N–H and O–H groups in total. The lowest BCUT2D eigenvalue weighted by molar-refractivity contribution is -0.121. The van der Waals surface area contributed by atoms with E-state index in [9.17, 15) is 14.7 Å². The minimum Gasteiger partial charge on any atom is -0.464 e. The lowest BCUT2D eigenvalue weighted by Crippen LogP contribution is -2.42. The van der Waals surface area contributed by atoms with Gasteiger partial charge in [-0.3, -0.25) is 4.79 Å². The molecule has 3 aromatic rings. The van der Waals surface area contributed by atoms with E-state index in [1.54, 1.807) is 6.26 Å². The van der Waals surface area contributed by atoms with Crippen molar-refractivity contribution in [3.8, 4) is 0 Å². The number of hydrogen-bond acceptors (Lipinski definition) is 5. The van der Waals surface area contributed by atoms with Crippen molar-refractivity contribution >= 4 is 27.8 Å². The molecular weight excluding hydrogens is 346 g/mol. The first-order chi connectivity index (χ1) is 12.7. The summed E-state index contributed by atoms with van der Waals surface area (Å²) < 4.78 is 11.1. The molecule has 27 heavy (non-hydrogen) atoms. The zero-order chi connectivity index (χ0) is 19.9. The number of aliphatic hydroxyl groups is 1. The van der Waals surface area contributed by atoms with E-state index < -0.39 is 5.63 Å². The highest BCUT2D eigenvalue weighted by Gasteiger charge is 2.21. The van der Waals surface area contributed by atoms with Gasteiger partial charge in [-0.2, -0.15) is 0 Å². The third-order valence-corrected chi connectivity index (χ3v) is 5.22. The summed E-state index contributed by atoms with van der Waals surface area (Å²) in [6.07, 6.45) is 1.59. The fraction of sp³-hybridized carbons (Fsp3) is 0.429. The number of benzene rings is 1. The maximum atomic E-state index is 12.5. The Morgan fingerprint density at radius 2 is 1.85 bits per heavy atom. The summed E-state index contributed by atoms with van der Waals surface area (Å²) in [7, 11) is 0. The number of aliphatic hydroxyl groups excluding tert-OH is 1. The van der Waals surface area contributed by atoms with Crippen LogP contribution in [-0.2, 0) is 11.2 Å². The molecular formula is C21H25NO5. The molecule has 1 unspecified atom stereocenters. The summed E-state index contributed by atoms with van der Waals surface area (Å²) in [5.41, 5.74) is 3.50. The van der Waals surface area contributed by atoms with E-state index in [0.29, 0.717) is 16.7 Å². The summed E-state index contributed by atoms with van der Waals surface area (Å²) >= 11 is 0. The van der Waals surface area contributed by atoms with Crippen LogP contribution in [0.15, 0.2) is 26.0 Å². The number of aryl methyl sites for hydroxylation is 3. The van der Waals surface area contributed by atoms with Crippen molar-refractivity contribution in [1.82, 2.24) is 5.32 Å². The number of carbonyl (C=O) groups excluding carboxylic acids is 1. The van der Waals surface area contributed by atoms with Crippen molar-refractivity contribution in [2.45, 2.75) is 47.1 Å². The van der Waals surface area contributed by atoms with Crippen molar-refractivity contribution in [3.63, 3.8) is 0 Å². The Morgan fingerprint density at radius 1 is 1.15 bits per heavy atom. The smallest absolute Gasteiger partial charge is 0.340 e. The summed E-state index contributed by atoms with van der Waals surface area (Å²) in [4.78, 5) is 24.9. The number of amides is 1. The number of furan rings is 1. The van der Waals surface area contributed by atoms with Crippen LogP contribution in [0.1, 0.15) is 36.1 Å². The Hall–Kier alpha value is -2.60. The van der Waals surface area contributed by atoms with Crippen molar-refractivity contribution in [2.24, 2.45) is 5.92 Å². The first-order valence-electron chi connectivity index (χ1n) is 9.08. The van der Waals surface area contributed by atoms with Crippen LogP contribution in [0.2, 0.25) is 0 Å². The highest BCUT2D eigenvalue weighted by molar-refractivity contribution is 6.00. The van der Waals surface area contributed by atoms with E-state index in [0.717, 1.165) is 27.5 Å². The molecule has 6 nitrogen and oxygen atoms in total. The SMILES string of the molecule is Cc1coc2c(C)c3oc(=O)c(CC(=O)NC(CO)C(C)C)c(C)c3cc12. The zero-order valence-corrected chi connectivity index (χ0v) is 16.3. The lowest BCUT2D eigenvalue weighted by atomic mass is 9.98. The highest BCUT2D eigenvalue weighted by Crippen LogP contribution is 2.32. The molecule has 0 aliphatic carbocycles. The fourth-order valence-corrected chi connectivity index (χ4v) is 3.36. The van der Waals surface area contributed by atoms with Crippen LogP contribution in [-0.4, -0.2) is 23.7 Å². The minimum atomic E-state index is -0.522. The van der Waals surface area contributed by atoms with E-state index >= 15 is 0 Å². The largest absolute Gasteiger partial charge is 0.464 e. The molecule has 1 aromatic carbocycles. The van der Waals surface area contributed by atoms with Crippen LogP contribution in [0.3, 0.4) is 0 Å². The van der Waals surface area contributed by atoms with Gasteiger partial charge in [0.05, 0.1) is 30.9 Å². The van der Waals surface area contributed by atoms with Gasteiger partial charge in [0.15, 0.2) is 0 Å². The molecule has 1 atom stereocenters. The number of nitrogens with one attached hydrogen (secondary N) is 1. The molecule has 0 aliphatic rings. The molecule has 3 rings (SSSR count). The van der Waals surface area contributed by atoms with E-state index in [1.165, 1.54) is 0 Å². The molecule has 0 bridgehead atoms. The predicted molar refractivity (Wildman–Crippen MR) is 104 cm³/mol. The topological polar surface area (TPSA) is 92.7 Å². The maximum absolute atomic E-state index is 12.5. The van der Waals surface area contributed by atoms with Crippen LogP contribution < -0.4 is 10.9 Å². The van der Waals surface area contributed by atoms with Crippen molar-refractivity contribution in [2.75, 3.05) is 6.61 Å². The molecule has 0 saturated carbocycles. The summed E-state index contributed by atoms with van der Waals surface area (Å²) in [5.74, 6) is -0.220. The van der Waals surface area contributed by atoms with Gasteiger partial charge in [-0.05, 0) is 43.9 Å². The Balaban J connectivity index is 2.06. The molecule has 0 saturated heterocycles. The molecule has 0 fully saturated rings. The van der Waals surface area contributed by atoms with Crippen molar-refractivity contribution < 1.29 is 18.7 Å². The fourth-order valence-electron chi connectivity index (χ4n) is 3.36. The van der Waals surface area contributed by atoms with E-state index in [2.05, 4.69) is 5.32 Å². The van der Waals surface area contributed by atoms with Gasteiger partial charge in [0.25, 0.3) is 0 Å². The first-order valence-corrected chi connectivity index (χ1v) is 9.08. The summed E-state index contributed by atoms with van der Waals surface area (Å²) in [6.45, 7) is 9.33. The second-order valence-corrected chi connectivity index (χ2v) is 7.44. The number of hydrogen-bond donors (Lipinski definition) is 2. The van der Waals surface area contributed by atoms with E-state index in [4.69, 9.17) is 8.83 Å². The van der Waals surface area contributed by atoms with Crippen molar-refractivity contribution in [1.29, 1.82) is 0 Å². The third kappa shape index (κ3) is 3.37. The Bertz CT molecular complexity index is 1070. The molecule has 0 spiro atoms. The van der Waals surface area contributed by atoms with Crippen LogP contribution in [0.25, 0.3) is 21.9 Å². The van der Waals surface area contributed by atoms with Gasteiger partial charge in [0, 0.05) is 16.3 Å². The van der Waals surface area contributed by atoms with E-state index in [1.807, 2.05) is 40.7 Å². The van der Waals surface area contributed by atoms with Gasteiger partial charge in [0.2, 0.25) is 5.91 Å². The molecule has 0 radical (unpaired) electrons. The minimum absolute atomic E-state index is 0.0885. The second-order valence-electron chi connectivity index (χ2n) is 7.44. The van der Waals surface area contributed by atoms with E-state index in [-0.39, 0.29) is 30.9 Å². The molecule has 6 heteroatoms.